The zero-order chi connectivity index (χ0) is 13.4. The molecular formula is C13H18N2O3. The number of benzene rings is 1. The van der Waals surface area contributed by atoms with Crippen molar-refractivity contribution < 1.29 is 14.7 Å². The van der Waals surface area contributed by atoms with Crippen LogP contribution in [-0.4, -0.2) is 23.5 Å². The lowest BCUT2D eigenvalue weighted by Gasteiger charge is -2.08. The zero-order valence-corrected chi connectivity index (χ0v) is 10.4. The van der Waals surface area contributed by atoms with Gasteiger partial charge in [0.05, 0.1) is 0 Å². The van der Waals surface area contributed by atoms with Gasteiger partial charge in [-0.15, -0.1) is 0 Å². The van der Waals surface area contributed by atoms with E-state index in [9.17, 15) is 9.59 Å². The fourth-order valence-corrected chi connectivity index (χ4v) is 1.54. The number of hydrogen-bond acceptors (Lipinski definition) is 3. The van der Waals surface area contributed by atoms with Gasteiger partial charge in [0, 0.05) is 31.3 Å². The van der Waals surface area contributed by atoms with Crippen molar-refractivity contribution in [2.75, 3.05) is 17.2 Å². The Hall–Kier alpha value is -2.04. The van der Waals surface area contributed by atoms with Crippen LogP contribution in [0.3, 0.4) is 0 Å². The molecule has 1 amide bonds. The van der Waals surface area contributed by atoms with Gasteiger partial charge < -0.3 is 15.7 Å². The fourth-order valence-electron chi connectivity index (χ4n) is 1.54. The summed E-state index contributed by atoms with van der Waals surface area (Å²) in [4.78, 5) is 21.2. The van der Waals surface area contributed by atoms with Crippen molar-refractivity contribution in [1.29, 1.82) is 0 Å². The lowest BCUT2D eigenvalue weighted by Crippen LogP contribution is -2.07. The Morgan fingerprint density at radius 2 is 1.94 bits per heavy atom. The first-order valence-corrected chi connectivity index (χ1v) is 5.91. The maximum atomic E-state index is 10.9. The molecule has 18 heavy (non-hydrogen) atoms. The molecule has 0 aliphatic carbocycles. The maximum Gasteiger partial charge on any atom is 0.303 e. The molecule has 1 aromatic rings. The van der Waals surface area contributed by atoms with E-state index in [1.807, 2.05) is 24.3 Å². The Kier molecular flexibility index (Phi) is 5.70. The number of carboxylic acids is 1. The summed E-state index contributed by atoms with van der Waals surface area (Å²) in [5.74, 6) is -0.865. The normalized spacial score (nSPS) is 9.83. The highest BCUT2D eigenvalue weighted by molar-refractivity contribution is 5.89. The molecule has 5 heteroatoms. The number of carboxylic acid groups (broad SMARTS) is 1. The Balaban J connectivity index is 2.33. The highest BCUT2D eigenvalue weighted by Crippen LogP contribution is 2.15. The number of hydrogen-bond donors (Lipinski definition) is 3. The summed E-state index contributed by atoms with van der Waals surface area (Å²) >= 11 is 0. The van der Waals surface area contributed by atoms with E-state index in [0.717, 1.165) is 24.3 Å². The molecule has 0 fully saturated rings. The average Bonchev–Trinajstić information content (AvgIpc) is 2.27. The molecule has 0 unspecified atom stereocenters. The summed E-state index contributed by atoms with van der Waals surface area (Å²) in [6, 6.07) is 7.42. The second kappa shape index (κ2) is 7.32. The smallest absolute Gasteiger partial charge is 0.303 e. The number of nitrogens with one attached hydrogen (secondary N) is 2. The molecule has 0 spiro atoms. The molecule has 0 radical (unpaired) electrons. The van der Waals surface area contributed by atoms with Crippen molar-refractivity contribution in [1.82, 2.24) is 0 Å². The van der Waals surface area contributed by atoms with Crippen LogP contribution < -0.4 is 10.6 Å². The van der Waals surface area contributed by atoms with E-state index in [2.05, 4.69) is 10.6 Å². The van der Waals surface area contributed by atoms with Crippen LogP contribution in [0.2, 0.25) is 0 Å². The van der Waals surface area contributed by atoms with E-state index in [1.165, 1.54) is 6.92 Å². The SMILES string of the molecule is CC(=O)Nc1cccc(NCCCCC(=O)O)c1. The Labute approximate surface area is 106 Å². The number of unbranched alkanes of at least 4 members (excludes halogenated alkanes) is 1. The minimum absolute atomic E-state index is 0.103. The summed E-state index contributed by atoms with van der Waals surface area (Å²) in [6.07, 6.45) is 1.66. The average molecular weight is 250 g/mol. The summed E-state index contributed by atoms with van der Waals surface area (Å²) in [7, 11) is 0. The van der Waals surface area contributed by atoms with Gasteiger partial charge in [-0.1, -0.05) is 6.07 Å². The predicted molar refractivity (Wildman–Crippen MR) is 70.7 cm³/mol. The van der Waals surface area contributed by atoms with Crippen molar-refractivity contribution in [2.24, 2.45) is 0 Å². The van der Waals surface area contributed by atoms with E-state index in [0.29, 0.717) is 6.42 Å². The number of aliphatic carboxylic acids is 1. The second-order valence-corrected chi connectivity index (χ2v) is 4.04. The van der Waals surface area contributed by atoms with E-state index >= 15 is 0 Å². The fraction of sp³-hybridized carbons (Fsp3) is 0.385. The maximum absolute atomic E-state index is 10.9. The molecule has 0 aromatic heterocycles. The molecule has 3 N–H and O–H groups in total. The third kappa shape index (κ3) is 5.89. The van der Waals surface area contributed by atoms with E-state index in [-0.39, 0.29) is 12.3 Å². The third-order valence-electron chi connectivity index (χ3n) is 2.33. The van der Waals surface area contributed by atoms with Crippen molar-refractivity contribution in [3.63, 3.8) is 0 Å². The Bertz CT molecular complexity index is 418. The zero-order valence-electron chi connectivity index (χ0n) is 10.4. The predicted octanol–water partition coefficient (Wildman–Crippen LogP) is 2.31. The third-order valence-corrected chi connectivity index (χ3v) is 2.33. The van der Waals surface area contributed by atoms with Crippen molar-refractivity contribution in [3.8, 4) is 0 Å². The largest absolute Gasteiger partial charge is 0.481 e. The van der Waals surface area contributed by atoms with Gasteiger partial charge in [-0.3, -0.25) is 9.59 Å². The van der Waals surface area contributed by atoms with Gasteiger partial charge in [-0.25, -0.2) is 0 Å². The minimum Gasteiger partial charge on any atom is -0.481 e. The molecule has 0 aliphatic heterocycles. The van der Waals surface area contributed by atoms with Crippen LogP contribution in [0.4, 0.5) is 11.4 Å². The lowest BCUT2D eigenvalue weighted by molar-refractivity contribution is -0.137. The van der Waals surface area contributed by atoms with Crippen LogP contribution in [0.1, 0.15) is 26.2 Å². The monoisotopic (exact) mass is 250 g/mol. The molecule has 0 atom stereocenters. The molecule has 98 valence electrons. The van der Waals surface area contributed by atoms with Gasteiger partial charge >= 0.3 is 5.97 Å². The molecule has 0 saturated carbocycles. The lowest BCUT2D eigenvalue weighted by atomic mass is 10.2. The van der Waals surface area contributed by atoms with Crippen molar-refractivity contribution in [3.05, 3.63) is 24.3 Å². The molecule has 1 rings (SSSR count). The van der Waals surface area contributed by atoms with Crippen LogP contribution in [-0.2, 0) is 9.59 Å². The first-order valence-electron chi connectivity index (χ1n) is 5.91. The molecule has 1 aromatic carbocycles. The van der Waals surface area contributed by atoms with Gasteiger partial charge in [-0.05, 0) is 31.0 Å². The van der Waals surface area contributed by atoms with Crippen LogP contribution in [0.5, 0.6) is 0 Å². The van der Waals surface area contributed by atoms with Gasteiger partial charge in [-0.2, -0.15) is 0 Å². The van der Waals surface area contributed by atoms with Gasteiger partial charge in [0.1, 0.15) is 0 Å². The van der Waals surface area contributed by atoms with E-state index < -0.39 is 5.97 Å². The Morgan fingerprint density at radius 1 is 1.22 bits per heavy atom. The van der Waals surface area contributed by atoms with E-state index in [4.69, 9.17) is 5.11 Å². The second-order valence-electron chi connectivity index (χ2n) is 4.04. The minimum atomic E-state index is -0.761. The standard InChI is InChI=1S/C13H18N2O3/c1-10(16)15-12-6-4-5-11(9-12)14-8-3-2-7-13(17)18/h4-6,9,14H,2-3,7-8H2,1H3,(H,15,16)(H,17,18). The summed E-state index contributed by atoms with van der Waals surface area (Å²) in [6.45, 7) is 2.18. The number of carbonyl (C=O) groups is 2. The van der Waals surface area contributed by atoms with Gasteiger partial charge in [0.15, 0.2) is 0 Å². The van der Waals surface area contributed by atoms with Crippen molar-refractivity contribution in [2.45, 2.75) is 26.2 Å². The molecule has 0 saturated heterocycles. The molecule has 0 bridgehead atoms. The number of anilines is 2. The first-order chi connectivity index (χ1) is 8.58. The van der Waals surface area contributed by atoms with Crippen LogP contribution in [0, 0.1) is 0 Å². The number of rotatable bonds is 7. The summed E-state index contributed by atoms with van der Waals surface area (Å²) in [5.41, 5.74) is 1.66. The summed E-state index contributed by atoms with van der Waals surface area (Å²) in [5, 5.41) is 14.4. The van der Waals surface area contributed by atoms with Crippen LogP contribution in [0.15, 0.2) is 24.3 Å². The van der Waals surface area contributed by atoms with Gasteiger partial charge in [0.25, 0.3) is 0 Å². The molecule has 5 nitrogen and oxygen atoms in total. The topological polar surface area (TPSA) is 78.4 Å². The highest BCUT2D eigenvalue weighted by atomic mass is 16.4. The highest BCUT2D eigenvalue weighted by Gasteiger charge is 1.98. The first kappa shape index (κ1) is 14.0. The quantitative estimate of drug-likeness (QED) is 0.649. The van der Waals surface area contributed by atoms with Crippen LogP contribution in [0.25, 0.3) is 0 Å². The van der Waals surface area contributed by atoms with Crippen LogP contribution >= 0.6 is 0 Å². The number of carbonyl (C=O) groups excluding carboxylic acids is 1. The number of amides is 1. The molecule has 0 aliphatic rings. The van der Waals surface area contributed by atoms with Crippen molar-refractivity contribution >= 4 is 23.3 Å². The van der Waals surface area contributed by atoms with Gasteiger partial charge in [0.2, 0.25) is 5.91 Å². The molecule has 0 heterocycles. The molecular weight excluding hydrogens is 232 g/mol. The summed E-state index contributed by atoms with van der Waals surface area (Å²) < 4.78 is 0. The van der Waals surface area contributed by atoms with E-state index in [1.54, 1.807) is 0 Å². The Morgan fingerprint density at radius 3 is 2.61 bits per heavy atom.